The minimum absolute atomic E-state index is 0.0150. The van der Waals surface area contributed by atoms with Gasteiger partial charge in [-0.05, 0) is 30.3 Å². The maximum absolute atomic E-state index is 12.6. The van der Waals surface area contributed by atoms with Crippen LogP contribution < -0.4 is 9.64 Å². The molecular weight excluding hydrogens is 456 g/mol. The number of nitro benzene ring substituents is 1. The molecule has 4 rings (SSSR count). The zero-order chi connectivity index (χ0) is 22.9. The Labute approximate surface area is 188 Å². The monoisotopic (exact) mass is 476 g/mol. The number of ether oxygens (including phenoxy) is 1. The molecule has 3 aromatic rings. The van der Waals surface area contributed by atoms with Crippen molar-refractivity contribution >= 4 is 48.1 Å². The number of amides is 1. The largest absolute Gasteiger partial charge is 0.497 e. The van der Waals surface area contributed by atoms with Crippen LogP contribution in [0.1, 0.15) is 0 Å². The Hall–Kier alpha value is -3.25. The van der Waals surface area contributed by atoms with Crippen molar-refractivity contribution in [2.24, 2.45) is 0 Å². The van der Waals surface area contributed by atoms with Gasteiger partial charge in [0.1, 0.15) is 11.5 Å². The molecule has 0 N–H and O–H groups in total. The molecule has 0 unspecified atom stereocenters. The third-order valence-electron chi connectivity index (χ3n) is 5.21. The first kappa shape index (κ1) is 22.0. The first-order valence-electron chi connectivity index (χ1n) is 9.71. The number of hydrogen-bond acceptors (Lipinski definition) is 9. The van der Waals surface area contributed by atoms with Crippen LogP contribution in [-0.4, -0.2) is 68.2 Å². The summed E-state index contributed by atoms with van der Waals surface area (Å²) in [6.45, 7) is 1.73. The lowest BCUT2D eigenvalue weighted by Crippen LogP contribution is -2.50. The van der Waals surface area contributed by atoms with Crippen LogP contribution in [0.5, 0.6) is 5.75 Å². The Bertz CT molecular complexity index is 1260. The first-order valence-corrected chi connectivity index (χ1v) is 12.2. The summed E-state index contributed by atoms with van der Waals surface area (Å²) in [5.74, 6) is -0.499. The Kier molecular flexibility index (Phi) is 5.98. The van der Waals surface area contributed by atoms with E-state index in [1.165, 1.54) is 47.6 Å². The fourth-order valence-electron chi connectivity index (χ4n) is 3.42. The molecule has 1 aliphatic heterocycles. The van der Waals surface area contributed by atoms with E-state index in [1.54, 1.807) is 18.2 Å². The van der Waals surface area contributed by atoms with Gasteiger partial charge in [0, 0.05) is 38.3 Å². The molecule has 1 amide bonds. The third kappa shape index (κ3) is 4.50. The van der Waals surface area contributed by atoms with Crippen molar-refractivity contribution in [3.05, 3.63) is 52.6 Å². The highest BCUT2D eigenvalue weighted by Gasteiger charge is 2.27. The van der Waals surface area contributed by atoms with Gasteiger partial charge < -0.3 is 14.5 Å². The van der Waals surface area contributed by atoms with Gasteiger partial charge in [-0.3, -0.25) is 14.9 Å². The van der Waals surface area contributed by atoms with E-state index in [2.05, 4.69) is 4.98 Å². The number of nitrogens with zero attached hydrogens (tertiary/aromatic N) is 4. The number of non-ortho nitro benzene ring substituents is 1. The Morgan fingerprint density at radius 3 is 2.47 bits per heavy atom. The maximum atomic E-state index is 12.6. The van der Waals surface area contributed by atoms with E-state index >= 15 is 0 Å². The number of methoxy groups -OCH3 is 1. The highest BCUT2D eigenvalue weighted by molar-refractivity contribution is 7.92. The predicted octanol–water partition coefficient (Wildman–Crippen LogP) is 2.34. The van der Waals surface area contributed by atoms with Crippen LogP contribution in [-0.2, 0) is 14.6 Å². The van der Waals surface area contributed by atoms with Crippen LogP contribution in [0.4, 0.5) is 10.8 Å². The number of carbonyl (C=O) groups excluding carboxylic acids is 1. The second kappa shape index (κ2) is 8.71. The SMILES string of the molecule is COc1ccc(S(=O)(=O)CC(=O)N2CCN(c3nc4ccc([N+](=O)[O-])cc4s3)CC2)cc1. The van der Waals surface area contributed by atoms with Gasteiger partial charge in [0.05, 0.1) is 27.1 Å². The average molecular weight is 477 g/mol. The highest BCUT2D eigenvalue weighted by atomic mass is 32.2. The van der Waals surface area contributed by atoms with Gasteiger partial charge in [-0.15, -0.1) is 0 Å². The quantitative estimate of drug-likeness (QED) is 0.392. The van der Waals surface area contributed by atoms with Gasteiger partial charge >= 0.3 is 0 Å². The van der Waals surface area contributed by atoms with Gasteiger partial charge in [0.2, 0.25) is 5.91 Å². The van der Waals surface area contributed by atoms with Crippen LogP contribution in [0.2, 0.25) is 0 Å². The molecule has 10 nitrogen and oxygen atoms in total. The molecule has 0 radical (unpaired) electrons. The molecule has 0 atom stereocenters. The molecular formula is C20H20N4O6S2. The van der Waals surface area contributed by atoms with Crippen molar-refractivity contribution < 1.29 is 22.9 Å². The number of aromatic nitrogens is 1. The van der Waals surface area contributed by atoms with Crippen molar-refractivity contribution in [2.45, 2.75) is 4.90 Å². The van der Waals surface area contributed by atoms with Gasteiger partial charge in [-0.1, -0.05) is 11.3 Å². The Morgan fingerprint density at radius 2 is 1.84 bits per heavy atom. The number of benzene rings is 2. The van der Waals surface area contributed by atoms with E-state index in [0.717, 1.165) is 9.83 Å². The lowest BCUT2D eigenvalue weighted by molar-refractivity contribution is -0.384. The molecule has 1 saturated heterocycles. The van der Waals surface area contributed by atoms with Crippen LogP contribution in [0.15, 0.2) is 47.4 Å². The summed E-state index contributed by atoms with van der Waals surface area (Å²) >= 11 is 1.36. The summed E-state index contributed by atoms with van der Waals surface area (Å²) in [4.78, 5) is 31.3. The molecule has 0 aliphatic carbocycles. The van der Waals surface area contributed by atoms with Crippen LogP contribution in [0.25, 0.3) is 10.2 Å². The lowest BCUT2D eigenvalue weighted by atomic mass is 10.3. The summed E-state index contributed by atoms with van der Waals surface area (Å²) in [5, 5.41) is 11.7. The first-order chi connectivity index (χ1) is 15.3. The number of thiazole rings is 1. The molecule has 2 aromatic carbocycles. The number of fused-ring (bicyclic) bond motifs is 1. The zero-order valence-electron chi connectivity index (χ0n) is 17.1. The molecule has 0 bridgehead atoms. The second-order valence-corrected chi connectivity index (χ2v) is 10.2. The molecule has 0 spiro atoms. The van der Waals surface area contributed by atoms with Gasteiger partial charge in [0.25, 0.3) is 5.69 Å². The van der Waals surface area contributed by atoms with E-state index in [9.17, 15) is 23.3 Å². The van der Waals surface area contributed by atoms with E-state index < -0.39 is 26.4 Å². The number of anilines is 1. The summed E-state index contributed by atoms with van der Waals surface area (Å²) in [6.07, 6.45) is 0. The molecule has 2 heterocycles. The fraction of sp³-hybridized carbons (Fsp3) is 0.300. The molecule has 1 fully saturated rings. The lowest BCUT2D eigenvalue weighted by Gasteiger charge is -2.34. The third-order valence-corrected chi connectivity index (χ3v) is 7.90. The Balaban J connectivity index is 1.39. The molecule has 1 aromatic heterocycles. The molecule has 1 aliphatic rings. The summed E-state index contributed by atoms with van der Waals surface area (Å²) in [5.41, 5.74) is 0.695. The molecule has 12 heteroatoms. The number of rotatable bonds is 6. The molecule has 168 valence electrons. The normalized spacial score (nSPS) is 14.5. The predicted molar refractivity (Wildman–Crippen MR) is 120 cm³/mol. The zero-order valence-corrected chi connectivity index (χ0v) is 18.8. The standard InChI is InChI=1S/C20H20N4O6S2/c1-30-15-3-5-16(6-4-15)32(28,29)13-19(25)22-8-10-23(11-9-22)20-21-17-7-2-14(24(26)27)12-18(17)31-20/h2-7,12H,8-11,13H2,1H3. The summed E-state index contributed by atoms with van der Waals surface area (Å²) in [7, 11) is -2.26. The summed E-state index contributed by atoms with van der Waals surface area (Å²) in [6, 6.07) is 10.5. The van der Waals surface area contributed by atoms with E-state index in [1.807, 2.05) is 4.90 Å². The highest BCUT2D eigenvalue weighted by Crippen LogP contribution is 2.32. The van der Waals surface area contributed by atoms with Crippen LogP contribution in [0, 0.1) is 10.1 Å². The minimum Gasteiger partial charge on any atom is -0.497 e. The fourth-order valence-corrected chi connectivity index (χ4v) is 5.69. The minimum atomic E-state index is -3.75. The molecule has 32 heavy (non-hydrogen) atoms. The van der Waals surface area contributed by atoms with E-state index in [-0.39, 0.29) is 10.6 Å². The van der Waals surface area contributed by atoms with Gasteiger partial charge in [0.15, 0.2) is 15.0 Å². The summed E-state index contributed by atoms with van der Waals surface area (Å²) < 4.78 is 30.9. The average Bonchev–Trinajstić information content (AvgIpc) is 3.22. The van der Waals surface area contributed by atoms with Crippen LogP contribution >= 0.6 is 11.3 Å². The smallest absolute Gasteiger partial charge is 0.270 e. The topological polar surface area (TPSA) is 123 Å². The number of nitro groups is 1. The van der Waals surface area contributed by atoms with E-state index in [0.29, 0.717) is 37.4 Å². The van der Waals surface area contributed by atoms with Gasteiger partial charge in [-0.2, -0.15) is 0 Å². The number of sulfone groups is 1. The molecule has 0 saturated carbocycles. The van der Waals surface area contributed by atoms with Gasteiger partial charge in [-0.25, -0.2) is 13.4 Å². The van der Waals surface area contributed by atoms with Crippen LogP contribution in [0.3, 0.4) is 0 Å². The van der Waals surface area contributed by atoms with Crippen molar-refractivity contribution in [1.29, 1.82) is 0 Å². The van der Waals surface area contributed by atoms with Crippen molar-refractivity contribution in [3.63, 3.8) is 0 Å². The van der Waals surface area contributed by atoms with Crippen molar-refractivity contribution in [2.75, 3.05) is 43.9 Å². The van der Waals surface area contributed by atoms with E-state index in [4.69, 9.17) is 4.74 Å². The number of carbonyl (C=O) groups is 1. The van der Waals surface area contributed by atoms with Crippen molar-refractivity contribution in [1.82, 2.24) is 9.88 Å². The number of hydrogen-bond donors (Lipinski definition) is 0. The number of piperazine rings is 1. The maximum Gasteiger partial charge on any atom is 0.270 e. The second-order valence-electron chi connectivity index (χ2n) is 7.21. The van der Waals surface area contributed by atoms with Crippen molar-refractivity contribution in [3.8, 4) is 5.75 Å². The Morgan fingerprint density at radius 1 is 1.16 bits per heavy atom.